The Kier molecular flexibility index (Phi) is 3.34. The third kappa shape index (κ3) is 2.39. The molecule has 7 heteroatoms. The second-order valence-electron chi connectivity index (χ2n) is 5.70. The zero-order valence-electron chi connectivity index (χ0n) is 12.8. The molecule has 1 aliphatic heterocycles. The monoisotopic (exact) mass is 311 g/mol. The van der Waals surface area contributed by atoms with Gasteiger partial charge in [-0.1, -0.05) is 30.3 Å². The number of nitrogens with zero attached hydrogens (tertiary/aromatic N) is 5. The molecule has 3 heterocycles. The van der Waals surface area contributed by atoms with Gasteiger partial charge >= 0.3 is 5.84 Å². The van der Waals surface area contributed by atoms with Gasteiger partial charge in [0.1, 0.15) is 12.0 Å². The highest BCUT2D eigenvalue weighted by Gasteiger charge is 2.29. The molecule has 1 saturated heterocycles. The van der Waals surface area contributed by atoms with Crippen LogP contribution in [-0.2, 0) is 0 Å². The molecule has 0 radical (unpaired) electrons. The van der Waals surface area contributed by atoms with Crippen LogP contribution in [0.15, 0.2) is 41.1 Å². The van der Waals surface area contributed by atoms with Crippen LogP contribution in [0.1, 0.15) is 10.6 Å². The molecule has 0 saturated carbocycles. The molecule has 0 aliphatic carbocycles. The van der Waals surface area contributed by atoms with Gasteiger partial charge in [0, 0.05) is 31.7 Å². The molecule has 7 nitrogen and oxygen atoms in total. The first-order valence-corrected chi connectivity index (χ1v) is 7.60. The molecule has 1 amide bonds. The summed E-state index contributed by atoms with van der Waals surface area (Å²) in [6.45, 7) is 3.12. The van der Waals surface area contributed by atoms with Crippen molar-refractivity contribution < 1.29 is 9.21 Å². The fraction of sp³-hybridized carbons (Fsp3) is 0.312. The Morgan fingerprint density at radius 3 is 2.61 bits per heavy atom. The average Bonchev–Trinajstić information content (AvgIpc) is 3.16. The lowest BCUT2D eigenvalue weighted by molar-refractivity contribution is 0.0635. The number of carbonyl (C=O) groups excluding carboxylic acids is 1. The Balaban J connectivity index is 1.78. The van der Waals surface area contributed by atoms with Gasteiger partial charge in [0.2, 0.25) is 5.76 Å². The quantitative estimate of drug-likeness (QED) is 0.715. The van der Waals surface area contributed by atoms with Crippen LogP contribution >= 0.6 is 0 Å². The third-order valence-electron chi connectivity index (χ3n) is 4.17. The van der Waals surface area contributed by atoms with Crippen LogP contribution in [0.3, 0.4) is 0 Å². The molecule has 2 aromatic heterocycles. The molecule has 3 aromatic rings. The molecular formula is C16H17N5O2. The second kappa shape index (κ2) is 5.51. The first kappa shape index (κ1) is 14.0. The highest BCUT2D eigenvalue weighted by atomic mass is 16.4. The Bertz CT molecular complexity index is 831. The fourth-order valence-electron chi connectivity index (χ4n) is 2.84. The number of benzene rings is 1. The fourth-order valence-corrected chi connectivity index (χ4v) is 2.84. The van der Waals surface area contributed by atoms with Crippen molar-refractivity contribution in [3.05, 3.63) is 42.4 Å². The summed E-state index contributed by atoms with van der Waals surface area (Å²) in [6, 6.07) is 9.66. The van der Waals surface area contributed by atoms with Crippen LogP contribution in [0, 0.1) is 0 Å². The van der Waals surface area contributed by atoms with Crippen molar-refractivity contribution in [2.45, 2.75) is 0 Å². The van der Waals surface area contributed by atoms with Gasteiger partial charge in [-0.25, -0.2) is 0 Å². The number of fused-ring (bicyclic) bond motifs is 1. The molecular weight excluding hydrogens is 294 g/mol. The molecule has 0 N–H and O–H groups in total. The summed E-state index contributed by atoms with van der Waals surface area (Å²) in [6.07, 6.45) is 1.43. The van der Waals surface area contributed by atoms with E-state index in [1.807, 2.05) is 35.2 Å². The van der Waals surface area contributed by atoms with Crippen molar-refractivity contribution >= 4 is 11.8 Å². The van der Waals surface area contributed by atoms with Gasteiger partial charge < -0.3 is 14.2 Å². The largest absolute Gasteiger partial charge is 0.416 e. The molecule has 1 fully saturated rings. The first-order valence-electron chi connectivity index (χ1n) is 7.60. The van der Waals surface area contributed by atoms with Gasteiger partial charge in [-0.15, -0.1) is 0 Å². The van der Waals surface area contributed by atoms with E-state index in [1.165, 1.54) is 6.33 Å². The topological polar surface area (TPSA) is 66.9 Å². The maximum atomic E-state index is 12.9. The maximum Gasteiger partial charge on any atom is 0.325 e. The number of oxazole rings is 1. The van der Waals surface area contributed by atoms with Crippen molar-refractivity contribution in [3.8, 4) is 11.3 Å². The zero-order chi connectivity index (χ0) is 15.8. The number of rotatable bonds is 2. The molecule has 23 heavy (non-hydrogen) atoms. The summed E-state index contributed by atoms with van der Waals surface area (Å²) in [5.41, 5.74) is 1.54. The lowest BCUT2D eigenvalue weighted by Gasteiger charge is -2.31. The van der Waals surface area contributed by atoms with E-state index in [9.17, 15) is 4.79 Å². The molecule has 0 unspecified atom stereocenters. The van der Waals surface area contributed by atoms with Crippen molar-refractivity contribution in [1.82, 2.24) is 24.4 Å². The van der Waals surface area contributed by atoms with Crippen molar-refractivity contribution in [1.29, 1.82) is 0 Å². The lowest BCUT2D eigenvalue weighted by Crippen LogP contribution is -2.47. The van der Waals surface area contributed by atoms with Crippen LogP contribution in [0.25, 0.3) is 17.1 Å². The Hall–Kier alpha value is -2.67. The second-order valence-corrected chi connectivity index (χ2v) is 5.70. The molecule has 0 spiro atoms. The molecule has 1 aromatic carbocycles. The van der Waals surface area contributed by atoms with Gasteiger partial charge in [0.15, 0.2) is 0 Å². The van der Waals surface area contributed by atoms with E-state index >= 15 is 0 Å². The standard InChI is InChI=1S/C16H17N5O2/c1-19-7-9-20(10-8-19)15(22)14-13(12-5-3-2-4-6-12)21-16(23-14)17-11-18-21/h2-6,11H,7-10H2,1H3. The number of piperazine rings is 1. The van der Waals surface area contributed by atoms with Crippen LogP contribution in [0.4, 0.5) is 0 Å². The first-order chi connectivity index (χ1) is 11.2. The molecule has 4 rings (SSSR count). The molecule has 0 bridgehead atoms. The third-order valence-corrected chi connectivity index (χ3v) is 4.17. The predicted octanol–water partition coefficient (Wildman–Crippen LogP) is 1.38. The van der Waals surface area contributed by atoms with Crippen molar-refractivity contribution in [2.75, 3.05) is 33.2 Å². The summed E-state index contributed by atoms with van der Waals surface area (Å²) in [7, 11) is 2.06. The van der Waals surface area contributed by atoms with Crippen molar-refractivity contribution in [2.24, 2.45) is 0 Å². The van der Waals surface area contributed by atoms with Crippen molar-refractivity contribution in [3.63, 3.8) is 0 Å². The number of carbonyl (C=O) groups is 1. The zero-order valence-corrected chi connectivity index (χ0v) is 12.8. The van der Waals surface area contributed by atoms with Gasteiger partial charge in [-0.2, -0.15) is 14.6 Å². The lowest BCUT2D eigenvalue weighted by atomic mass is 10.1. The number of hydrogen-bond donors (Lipinski definition) is 0. The van der Waals surface area contributed by atoms with Gasteiger partial charge in [-0.3, -0.25) is 4.79 Å². The van der Waals surface area contributed by atoms with E-state index in [2.05, 4.69) is 22.0 Å². The van der Waals surface area contributed by atoms with Crippen LogP contribution in [0.2, 0.25) is 0 Å². The normalized spacial score (nSPS) is 16.1. The summed E-state index contributed by atoms with van der Waals surface area (Å²) >= 11 is 0. The predicted molar refractivity (Wildman–Crippen MR) is 84.1 cm³/mol. The Labute approximate surface area is 133 Å². The van der Waals surface area contributed by atoms with E-state index < -0.39 is 0 Å². The van der Waals surface area contributed by atoms with Gasteiger partial charge in [0.25, 0.3) is 5.91 Å². The summed E-state index contributed by atoms with van der Waals surface area (Å²) in [4.78, 5) is 21.0. The smallest absolute Gasteiger partial charge is 0.325 e. The van der Waals surface area contributed by atoms with Crippen LogP contribution < -0.4 is 0 Å². The number of likely N-dealkylation sites (N-methyl/N-ethyl adjacent to an activating group) is 1. The number of hydrogen-bond acceptors (Lipinski definition) is 5. The summed E-state index contributed by atoms with van der Waals surface area (Å²) in [5, 5.41) is 4.19. The average molecular weight is 311 g/mol. The van der Waals surface area contributed by atoms with Gasteiger partial charge in [-0.05, 0) is 7.05 Å². The van der Waals surface area contributed by atoms with E-state index in [0.717, 1.165) is 18.7 Å². The van der Waals surface area contributed by atoms with Crippen LogP contribution in [-0.4, -0.2) is 63.5 Å². The van der Waals surface area contributed by atoms with E-state index in [-0.39, 0.29) is 5.91 Å². The summed E-state index contributed by atoms with van der Waals surface area (Å²) in [5.74, 6) is 0.530. The maximum absolute atomic E-state index is 12.9. The van der Waals surface area contributed by atoms with E-state index in [4.69, 9.17) is 4.42 Å². The minimum Gasteiger partial charge on any atom is -0.416 e. The Morgan fingerprint density at radius 1 is 1.13 bits per heavy atom. The van der Waals surface area contributed by atoms with Gasteiger partial charge in [0.05, 0.1) is 0 Å². The number of amides is 1. The summed E-state index contributed by atoms with van der Waals surface area (Å²) < 4.78 is 7.30. The van der Waals surface area contributed by atoms with E-state index in [1.54, 1.807) is 4.52 Å². The SMILES string of the molecule is CN1CCN(C(=O)c2oc3ncnn3c2-c2ccccc2)CC1. The minimum atomic E-state index is -0.107. The minimum absolute atomic E-state index is 0.107. The Morgan fingerprint density at radius 2 is 1.87 bits per heavy atom. The number of aromatic nitrogens is 3. The van der Waals surface area contributed by atoms with E-state index in [0.29, 0.717) is 30.4 Å². The molecule has 0 atom stereocenters. The highest BCUT2D eigenvalue weighted by Crippen LogP contribution is 2.27. The highest BCUT2D eigenvalue weighted by molar-refractivity contribution is 5.98. The van der Waals surface area contributed by atoms with Crippen LogP contribution in [0.5, 0.6) is 0 Å². The molecule has 118 valence electrons. The molecule has 1 aliphatic rings.